The van der Waals surface area contributed by atoms with E-state index in [1.54, 1.807) is 27.7 Å². The molecule has 0 aliphatic heterocycles. The lowest BCUT2D eigenvalue weighted by atomic mass is 9.98. The van der Waals surface area contributed by atoms with E-state index in [1.807, 2.05) is 0 Å². The van der Waals surface area contributed by atoms with Crippen molar-refractivity contribution in [3.63, 3.8) is 0 Å². The molecule has 0 aliphatic carbocycles. The Morgan fingerprint density at radius 3 is 1.40 bits per heavy atom. The first-order valence-electron chi connectivity index (χ1n) is 15.0. The van der Waals surface area contributed by atoms with Gasteiger partial charge in [0.1, 0.15) is 36.3 Å². The van der Waals surface area contributed by atoms with Gasteiger partial charge in [0.15, 0.2) is 0 Å². The lowest BCUT2D eigenvalue weighted by Gasteiger charge is -2.29. The van der Waals surface area contributed by atoms with Gasteiger partial charge in [-0.1, -0.05) is 34.1 Å². The highest BCUT2D eigenvalue weighted by Crippen LogP contribution is 2.11. The third kappa shape index (κ3) is 15.2. The van der Waals surface area contributed by atoms with Crippen molar-refractivity contribution >= 4 is 47.4 Å². The van der Waals surface area contributed by atoms with Gasteiger partial charge < -0.3 is 57.9 Å². The molecule has 0 saturated heterocycles. The number of rotatable bonds is 22. The Balaban J connectivity index is 6.16. The average Bonchev–Trinajstić information content (AvgIpc) is 2.98. The number of aliphatic hydroxyl groups is 2. The molecule has 0 heterocycles. The number of amides is 5. The van der Waals surface area contributed by atoms with Crippen LogP contribution in [0, 0.1) is 11.8 Å². The van der Waals surface area contributed by atoms with E-state index in [1.165, 1.54) is 0 Å². The summed E-state index contributed by atoms with van der Waals surface area (Å²) < 4.78 is 0. The van der Waals surface area contributed by atoms with E-state index in [9.17, 15) is 53.7 Å². The van der Waals surface area contributed by atoms with Crippen molar-refractivity contribution in [2.24, 2.45) is 17.6 Å². The van der Waals surface area contributed by atoms with Crippen molar-refractivity contribution < 1.29 is 63.9 Å². The maximum absolute atomic E-state index is 13.3. The summed E-state index contributed by atoms with van der Waals surface area (Å²) in [6.07, 6.45) is -3.57. The third-order valence-electron chi connectivity index (χ3n) is 7.18. The van der Waals surface area contributed by atoms with Crippen LogP contribution in [-0.2, 0) is 38.4 Å². The zero-order chi connectivity index (χ0) is 36.6. The van der Waals surface area contributed by atoms with Crippen molar-refractivity contribution in [1.82, 2.24) is 26.6 Å². The van der Waals surface area contributed by atoms with E-state index < -0.39 is 134 Å². The predicted octanol–water partition coefficient (Wildman–Crippen LogP) is -3.37. The molecule has 19 heteroatoms. The highest BCUT2D eigenvalue weighted by Gasteiger charge is 2.35. The van der Waals surface area contributed by atoms with Gasteiger partial charge in [-0.15, -0.1) is 0 Å². The molecule has 0 fully saturated rings. The van der Waals surface area contributed by atoms with Gasteiger partial charge >= 0.3 is 17.9 Å². The molecule has 8 atom stereocenters. The molecule has 5 amide bonds. The van der Waals surface area contributed by atoms with Crippen molar-refractivity contribution in [3.05, 3.63) is 0 Å². The van der Waals surface area contributed by atoms with Crippen molar-refractivity contribution in [3.8, 4) is 0 Å². The second kappa shape index (κ2) is 20.7. The summed E-state index contributed by atoms with van der Waals surface area (Å²) in [5.41, 5.74) is 5.48. The molecule has 8 unspecified atom stereocenters. The highest BCUT2D eigenvalue weighted by molar-refractivity contribution is 5.96. The summed E-state index contributed by atoms with van der Waals surface area (Å²) in [6, 6.07) is -9.05. The molecular formula is C28H48N6O13. The zero-order valence-corrected chi connectivity index (χ0v) is 27.0. The molecule has 47 heavy (non-hydrogen) atoms. The maximum Gasteiger partial charge on any atom is 0.326 e. The Morgan fingerprint density at radius 1 is 0.617 bits per heavy atom. The molecule has 0 aromatic rings. The molecule has 0 aliphatic rings. The Bertz CT molecular complexity index is 1130. The smallest absolute Gasteiger partial charge is 0.326 e. The second-order valence-electron chi connectivity index (χ2n) is 11.4. The summed E-state index contributed by atoms with van der Waals surface area (Å²) in [6.45, 7) is 6.76. The van der Waals surface area contributed by atoms with Crippen LogP contribution < -0.4 is 32.3 Å². The predicted molar refractivity (Wildman–Crippen MR) is 162 cm³/mol. The van der Waals surface area contributed by atoms with Gasteiger partial charge in [-0.25, -0.2) is 4.79 Å². The monoisotopic (exact) mass is 676 g/mol. The van der Waals surface area contributed by atoms with Gasteiger partial charge in [0, 0.05) is 12.8 Å². The van der Waals surface area contributed by atoms with Gasteiger partial charge in [0.2, 0.25) is 29.5 Å². The second-order valence-corrected chi connectivity index (χ2v) is 11.4. The molecule has 12 N–H and O–H groups in total. The standard InChI is InChI=1S/C28H48N6O13/c1-6-13(4)21(28(46)47)33-25(43)17(8-10-19(39)40)30-24(42)16(7-9-18(37)38)31-27(45)22(14(5)36)34-26(44)20(12(2)3)32-23(41)15(29)11-35/h12-17,20-22,35-36H,6-11,29H2,1-5H3,(H,30,42)(H,31,45)(H,32,41)(H,33,43)(H,34,44)(H,37,38)(H,39,40)(H,46,47). The van der Waals surface area contributed by atoms with Crippen LogP contribution in [0.3, 0.4) is 0 Å². The van der Waals surface area contributed by atoms with Crippen molar-refractivity contribution in [1.29, 1.82) is 0 Å². The molecular weight excluding hydrogens is 628 g/mol. The molecule has 0 aromatic carbocycles. The first-order valence-corrected chi connectivity index (χ1v) is 15.0. The zero-order valence-electron chi connectivity index (χ0n) is 27.0. The number of carboxylic acids is 3. The van der Waals surface area contributed by atoms with Crippen LogP contribution in [0.5, 0.6) is 0 Å². The number of hydrogen-bond acceptors (Lipinski definition) is 11. The molecule has 0 spiro atoms. The first-order chi connectivity index (χ1) is 21.8. The van der Waals surface area contributed by atoms with Gasteiger partial charge in [-0.3, -0.25) is 33.6 Å². The molecule has 0 saturated carbocycles. The van der Waals surface area contributed by atoms with E-state index in [0.717, 1.165) is 6.92 Å². The van der Waals surface area contributed by atoms with Crippen LogP contribution in [0.1, 0.15) is 66.7 Å². The van der Waals surface area contributed by atoms with E-state index >= 15 is 0 Å². The number of nitrogens with two attached hydrogens (primary N) is 1. The molecule has 19 nitrogen and oxygen atoms in total. The fraction of sp³-hybridized carbons (Fsp3) is 0.714. The van der Waals surface area contributed by atoms with Gasteiger partial charge in [0.25, 0.3) is 0 Å². The van der Waals surface area contributed by atoms with Crippen LogP contribution in [0.4, 0.5) is 0 Å². The SMILES string of the molecule is CCC(C)C(NC(=O)C(CCC(=O)O)NC(=O)C(CCC(=O)O)NC(=O)C(NC(=O)C(NC(=O)C(N)CO)C(C)C)C(C)O)C(=O)O. The number of nitrogens with one attached hydrogen (secondary N) is 5. The van der Waals surface area contributed by atoms with Crippen molar-refractivity contribution in [2.45, 2.75) is 109 Å². The fourth-order valence-corrected chi connectivity index (χ4v) is 4.07. The summed E-state index contributed by atoms with van der Waals surface area (Å²) in [7, 11) is 0. The van der Waals surface area contributed by atoms with E-state index in [2.05, 4.69) is 26.6 Å². The summed E-state index contributed by atoms with van der Waals surface area (Å²) in [5, 5.41) is 58.6. The maximum atomic E-state index is 13.3. The largest absolute Gasteiger partial charge is 0.481 e. The Labute approximate surface area is 271 Å². The first kappa shape index (κ1) is 42.6. The third-order valence-corrected chi connectivity index (χ3v) is 7.18. The average molecular weight is 677 g/mol. The number of carboxylic acid groups (broad SMARTS) is 3. The lowest BCUT2D eigenvalue weighted by molar-refractivity contribution is -0.144. The summed E-state index contributed by atoms with van der Waals surface area (Å²) in [4.78, 5) is 99.0. The Hall–Kier alpha value is -4.36. The topological polar surface area (TPSA) is 324 Å². The van der Waals surface area contributed by atoms with Crippen LogP contribution in [0.25, 0.3) is 0 Å². The molecule has 0 rings (SSSR count). The molecule has 0 radical (unpaired) electrons. The lowest BCUT2D eigenvalue weighted by Crippen LogP contribution is -2.62. The highest BCUT2D eigenvalue weighted by atomic mass is 16.4. The minimum atomic E-state index is -1.75. The molecule has 0 aromatic heterocycles. The quantitative estimate of drug-likeness (QED) is 0.0533. The Kier molecular flexibility index (Phi) is 18.8. The normalized spacial score (nSPS) is 16.2. The Morgan fingerprint density at radius 2 is 1.02 bits per heavy atom. The van der Waals surface area contributed by atoms with E-state index in [0.29, 0.717) is 6.42 Å². The summed E-state index contributed by atoms with van der Waals surface area (Å²) in [5.74, 6) is -10.3. The number of aliphatic hydroxyl groups excluding tert-OH is 2. The minimum absolute atomic E-state index is 0.355. The van der Waals surface area contributed by atoms with Crippen LogP contribution >= 0.6 is 0 Å². The molecule has 268 valence electrons. The van der Waals surface area contributed by atoms with Gasteiger partial charge in [0.05, 0.1) is 12.7 Å². The summed E-state index contributed by atoms with van der Waals surface area (Å²) >= 11 is 0. The van der Waals surface area contributed by atoms with Crippen LogP contribution in [0.2, 0.25) is 0 Å². The van der Waals surface area contributed by atoms with Gasteiger partial charge in [-0.2, -0.15) is 0 Å². The fourth-order valence-electron chi connectivity index (χ4n) is 4.07. The number of carbonyl (C=O) groups is 8. The van der Waals surface area contributed by atoms with Gasteiger partial charge in [-0.05, 0) is 31.6 Å². The van der Waals surface area contributed by atoms with Crippen LogP contribution in [-0.4, -0.2) is 122 Å². The van der Waals surface area contributed by atoms with Crippen molar-refractivity contribution in [2.75, 3.05) is 6.61 Å². The number of aliphatic carboxylic acids is 3. The van der Waals surface area contributed by atoms with Crippen LogP contribution in [0.15, 0.2) is 0 Å². The van der Waals surface area contributed by atoms with E-state index in [-0.39, 0.29) is 0 Å². The number of hydrogen-bond donors (Lipinski definition) is 11. The molecule has 0 bridgehead atoms. The number of carbonyl (C=O) groups excluding carboxylic acids is 5. The minimum Gasteiger partial charge on any atom is -0.481 e. The van der Waals surface area contributed by atoms with E-state index in [4.69, 9.17) is 15.9 Å².